The summed E-state index contributed by atoms with van der Waals surface area (Å²) in [5, 5.41) is 2.47. The zero-order chi connectivity index (χ0) is 54.2. The first-order chi connectivity index (χ1) is 40.7. The van der Waals surface area contributed by atoms with Crippen LogP contribution in [-0.4, -0.2) is 4.57 Å². The van der Waals surface area contributed by atoms with Gasteiger partial charge in [-0.25, -0.2) is 0 Å². The van der Waals surface area contributed by atoms with E-state index in [1.807, 2.05) is 0 Å². The molecule has 1 aromatic heterocycles. The highest BCUT2D eigenvalue weighted by Crippen LogP contribution is 2.58. The molecule has 0 saturated heterocycles. The van der Waals surface area contributed by atoms with Crippen LogP contribution in [0.25, 0.3) is 72.0 Å². The van der Waals surface area contributed by atoms with Gasteiger partial charge in [0.25, 0.3) is 0 Å². The van der Waals surface area contributed by atoms with E-state index < -0.39 is 10.8 Å². The topological polar surface area (TPSA) is 8.17 Å². The molecule has 0 saturated carbocycles. The number of rotatable bonds is 10. The summed E-state index contributed by atoms with van der Waals surface area (Å²) < 4.78 is 2.54. The number of benzene rings is 13. The normalized spacial score (nSPS) is 13.3. The summed E-state index contributed by atoms with van der Waals surface area (Å²) in [4.78, 5) is 2.43. The molecule has 16 rings (SSSR count). The molecule has 82 heavy (non-hydrogen) atoms. The fraction of sp³-hybridized carbons (Fsp3) is 0.0250. The summed E-state index contributed by atoms with van der Waals surface area (Å²) in [7, 11) is 0. The monoisotopic (exact) mass is 1040 g/mol. The lowest BCUT2D eigenvalue weighted by Crippen LogP contribution is -2.35. The van der Waals surface area contributed by atoms with Crippen LogP contribution < -0.4 is 4.90 Å². The van der Waals surface area contributed by atoms with Crippen molar-refractivity contribution in [2.24, 2.45) is 0 Å². The maximum absolute atomic E-state index is 2.54. The Morgan fingerprint density at radius 2 is 0.659 bits per heavy atom. The predicted octanol–water partition coefficient (Wildman–Crippen LogP) is 20.3. The molecule has 13 aromatic carbocycles. The summed E-state index contributed by atoms with van der Waals surface area (Å²) in [5.41, 5.74) is 25.5. The van der Waals surface area contributed by atoms with E-state index in [9.17, 15) is 0 Å². The van der Waals surface area contributed by atoms with Crippen LogP contribution in [0.3, 0.4) is 0 Å². The third-order valence-electron chi connectivity index (χ3n) is 17.7. The van der Waals surface area contributed by atoms with Crippen molar-refractivity contribution in [2.45, 2.75) is 10.8 Å². The molecule has 0 N–H and O–H groups in total. The Bertz CT molecular complexity index is 4600. The summed E-state index contributed by atoms with van der Waals surface area (Å²) in [5.74, 6) is 0. The highest BCUT2D eigenvalue weighted by atomic mass is 15.1. The van der Waals surface area contributed by atoms with Crippen LogP contribution in [0.5, 0.6) is 0 Å². The first-order valence-corrected chi connectivity index (χ1v) is 28.5. The van der Waals surface area contributed by atoms with E-state index in [4.69, 9.17) is 0 Å². The maximum Gasteiger partial charge on any atom is 0.0742 e. The van der Waals surface area contributed by atoms with Gasteiger partial charge in [0.15, 0.2) is 0 Å². The molecule has 384 valence electrons. The molecule has 0 bridgehead atoms. The molecule has 1 aliphatic heterocycles. The van der Waals surface area contributed by atoms with E-state index in [2.05, 4.69) is 337 Å². The molecule has 14 aromatic rings. The van der Waals surface area contributed by atoms with E-state index in [1.165, 1.54) is 111 Å². The zero-order valence-electron chi connectivity index (χ0n) is 45.1. The van der Waals surface area contributed by atoms with Crippen LogP contribution >= 0.6 is 0 Å². The number of anilines is 3. The molecular formula is C80H54N2. The van der Waals surface area contributed by atoms with Crippen molar-refractivity contribution in [1.82, 2.24) is 4.57 Å². The van der Waals surface area contributed by atoms with Gasteiger partial charge in [-0.3, -0.25) is 0 Å². The number of para-hydroxylation sites is 1. The Morgan fingerprint density at radius 3 is 1.23 bits per heavy atom. The van der Waals surface area contributed by atoms with Crippen molar-refractivity contribution < 1.29 is 0 Å². The van der Waals surface area contributed by atoms with Gasteiger partial charge in [0.05, 0.1) is 27.6 Å². The van der Waals surface area contributed by atoms with Gasteiger partial charge in [0, 0.05) is 27.8 Å². The lowest BCUT2D eigenvalue weighted by atomic mass is 9.63. The lowest BCUT2D eigenvalue weighted by Gasteiger charge is -2.42. The van der Waals surface area contributed by atoms with E-state index >= 15 is 0 Å². The molecule has 0 spiro atoms. The van der Waals surface area contributed by atoms with Crippen molar-refractivity contribution >= 4 is 38.9 Å². The Morgan fingerprint density at radius 1 is 0.244 bits per heavy atom. The van der Waals surface area contributed by atoms with Crippen molar-refractivity contribution in [3.05, 3.63) is 372 Å². The van der Waals surface area contributed by atoms with Crippen LogP contribution in [0.1, 0.15) is 44.5 Å². The summed E-state index contributed by atoms with van der Waals surface area (Å²) in [6, 6.07) is 122. The second-order valence-corrected chi connectivity index (χ2v) is 21.9. The first-order valence-electron chi connectivity index (χ1n) is 28.5. The van der Waals surface area contributed by atoms with Gasteiger partial charge < -0.3 is 9.47 Å². The second kappa shape index (κ2) is 19.1. The third kappa shape index (κ3) is 7.14. The molecule has 2 heteroatoms. The van der Waals surface area contributed by atoms with Gasteiger partial charge in [0.1, 0.15) is 0 Å². The van der Waals surface area contributed by atoms with Crippen LogP contribution in [0.4, 0.5) is 17.1 Å². The first kappa shape index (κ1) is 47.5. The number of hydrogen-bond donors (Lipinski definition) is 0. The largest absolute Gasteiger partial charge is 0.310 e. The smallest absolute Gasteiger partial charge is 0.0742 e. The van der Waals surface area contributed by atoms with Crippen LogP contribution in [0, 0.1) is 0 Å². The van der Waals surface area contributed by atoms with Crippen molar-refractivity contribution in [3.8, 4) is 50.2 Å². The minimum absolute atomic E-state index is 0.531. The molecule has 2 heterocycles. The molecule has 1 aliphatic carbocycles. The third-order valence-corrected chi connectivity index (χ3v) is 17.7. The van der Waals surface area contributed by atoms with E-state index in [0.29, 0.717) is 0 Å². The number of nitrogens with zero attached hydrogens (tertiary/aromatic N) is 2. The molecule has 0 radical (unpaired) electrons. The number of hydrogen-bond acceptors (Lipinski definition) is 1. The average Bonchev–Trinajstić information content (AvgIpc) is 4.24. The van der Waals surface area contributed by atoms with Gasteiger partial charge in [-0.15, -0.1) is 0 Å². The fourth-order valence-corrected chi connectivity index (χ4v) is 14.2. The summed E-state index contributed by atoms with van der Waals surface area (Å²) in [6.07, 6.45) is 0. The van der Waals surface area contributed by atoms with Crippen LogP contribution in [0.2, 0.25) is 0 Å². The molecule has 0 unspecified atom stereocenters. The van der Waals surface area contributed by atoms with E-state index in [0.717, 1.165) is 22.6 Å². The predicted molar refractivity (Wildman–Crippen MR) is 341 cm³/mol. The van der Waals surface area contributed by atoms with E-state index in [-0.39, 0.29) is 0 Å². The van der Waals surface area contributed by atoms with Crippen molar-refractivity contribution in [3.63, 3.8) is 0 Å². The minimum Gasteiger partial charge on any atom is -0.310 e. The fourth-order valence-electron chi connectivity index (χ4n) is 14.2. The second-order valence-electron chi connectivity index (χ2n) is 21.9. The Hall–Kier alpha value is -10.5. The highest BCUT2D eigenvalue weighted by Gasteiger charge is 2.47. The molecule has 0 fully saturated rings. The van der Waals surface area contributed by atoms with Crippen LogP contribution in [0.15, 0.2) is 328 Å². The maximum atomic E-state index is 2.54. The number of aromatic nitrogens is 1. The molecule has 2 nitrogen and oxygen atoms in total. The lowest BCUT2D eigenvalue weighted by molar-refractivity contribution is 0.728. The quantitative estimate of drug-likeness (QED) is 0.133. The molecule has 0 atom stereocenters. The van der Waals surface area contributed by atoms with Gasteiger partial charge in [-0.05, 0) is 150 Å². The summed E-state index contributed by atoms with van der Waals surface area (Å²) >= 11 is 0. The Kier molecular flexibility index (Phi) is 11.0. The molecule has 2 aliphatic rings. The highest BCUT2D eigenvalue weighted by molar-refractivity contribution is 6.13. The van der Waals surface area contributed by atoms with E-state index in [1.54, 1.807) is 0 Å². The van der Waals surface area contributed by atoms with Crippen molar-refractivity contribution in [2.75, 3.05) is 4.90 Å². The van der Waals surface area contributed by atoms with Gasteiger partial charge in [-0.1, -0.05) is 267 Å². The van der Waals surface area contributed by atoms with Gasteiger partial charge in [-0.2, -0.15) is 0 Å². The molecule has 0 amide bonds. The zero-order valence-corrected chi connectivity index (χ0v) is 45.1. The SMILES string of the molecule is c1ccc(-c2ccc(N(c3ccc(-c4ccc5c(c4)c4cccc6c4n5-c4ccc(-c5ccccc5)cc4C6(c4ccccc4)c4ccccc4)cc3)c3ccc4c(c3)C(c3ccccc3)(c3ccccc3)c3ccccc3-4)cc2)cc1. The number of fused-ring (bicyclic) bond motifs is 8. The van der Waals surface area contributed by atoms with Crippen molar-refractivity contribution in [1.29, 1.82) is 0 Å². The van der Waals surface area contributed by atoms with Crippen LogP contribution in [-0.2, 0) is 10.8 Å². The van der Waals surface area contributed by atoms with Gasteiger partial charge in [0.2, 0.25) is 0 Å². The minimum atomic E-state index is -0.591. The summed E-state index contributed by atoms with van der Waals surface area (Å²) in [6.45, 7) is 0. The Balaban J connectivity index is 0.860. The van der Waals surface area contributed by atoms with Gasteiger partial charge >= 0.3 is 0 Å². The average molecular weight is 1040 g/mol. The Labute approximate surface area is 478 Å². The standard InChI is InChI=1S/C80H54N2/c1-7-22-55(23-8-1)57-38-44-65(45-39-57)81(67-48-49-69-68-34-19-20-36-72(68)79(74(69)54-67,61-26-11-3-12-27-61)62-28-13-4-14-29-62)66-46-40-58(41-47-66)59-42-50-76-71(52-59)70-35-21-37-73-78(70)82(76)77-51-43-60(56-24-9-2-10-25-56)53-75(77)80(73,63-30-15-5-16-31-63)64-32-17-6-18-33-64/h1-54H. The molecular weight excluding hydrogens is 989 g/mol.